The average Bonchev–Trinajstić information content (AvgIpc) is 2.05. The van der Waals surface area contributed by atoms with Crippen LogP contribution < -0.4 is 0 Å². The van der Waals surface area contributed by atoms with Crippen LogP contribution in [0.25, 0.3) is 6.08 Å². The molecular weight excluding hydrogens is 168 g/mol. The van der Waals surface area contributed by atoms with Crippen molar-refractivity contribution in [2.75, 3.05) is 6.26 Å². The van der Waals surface area contributed by atoms with Gasteiger partial charge in [0, 0.05) is 11.2 Å². The van der Waals surface area contributed by atoms with Gasteiger partial charge in [0.05, 0.1) is 10.8 Å². The first kappa shape index (κ1) is 9.20. The number of hydrogen-bond acceptors (Lipinski definition) is 1. The fourth-order valence-corrected chi connectivity index (χ4v) is 1.80. The molecule has 0 fully saturated rings. The molecule has 1 atom stereocenters. The molecule has 1 rings (SSSR count). The molecular formula is C10H12OS. The zero-order valence-corrected chi connectivity index (χ0v) is 8.10. The molecule has 0 saturated carbocycles. The van der Waals surface area contributed by atoms with Crippen molar-refractivity contribution in [2.45, 2.75) is 11.8 Å². The molecule has 0 saturated heterocycles. The van der Waals surface area contributed by atoms with E-state index >= 15 is 0 Å². The van der Waals surface area contributed by atoms with E-state index in [4.69, 9.17) is 0 Å². The molecule has 0 spiro atoms. The predicted octanol–water partition coefficient (Wildman–Crippen LogP) is 2.46. The van der Waals surface area contributed by atoms with Crippen molar-refractivity contribution >= 4 is 16.9 Å². The molecule has 0 aliphatic rings. The number of hydrogen-bond donors (Lipinski definition) is 0. The molecule has 0 N–H and O–H groups in total. The third kappa shape index (κ3) is 2.05. The van der Waals surface area contributed by atoms with Crippen molar-refractivity contribution in [3.8, 4) is 0 Å². The van der Waals surface area contributed by atoms with E-state index in [2.05, 4.69) is 0 Å². The first-order valence-electron chi connectivity index (χ1n) is 3.81. The van der Waals surface area contributed by atoms with Crippen molar-refractivity contribution in [3.63, 3.8) is 0 Å². The van der Waals surface area contributed by atoms with Crippen LogP contribution in [0.2, 0.25) is 0 Å². The second kappa shape index (κ2) is 4.21. The number of benzene rings is 1. The van der Waals surface area contributed by atoms with Crippen molar-refractivity contribution in [1.82, 2.24) is 0 Å². The van der Waals surface area contributed by atoms with Crippen LogP contribution in [-0.4, -0.2) is 10.5 Å². The topological polar surface area (TPSA) is 17.1 Å². The summed E-state index contributed by atoms with van der Waals surface area (Å²) in [7, 11) is -0.893. The number of allylic oxidation sites excluding steroid dienone is 1. The fourth-order valence-electron chi connectivity index (χ4n) is 1.06. The van der Waals surface area contributed by atoms with Gasteiger partial charge in [-0.1, -0.05) is 30.4 Å². The molecule has 0 bridgehead atoms. The largest absolute Gasteiger partial charge is 0.255 e. The average molecular weight is 180 g/mol. The van der Waals surface area contributed by atoms with Gasteiger partial charge < -0.3 is 0 Å². The minimum atomic E-state index is -0.893. The van der Waals surface area contributed by atoms with E-state index in [9.17, 15) is 4.21 Å². The Morgan fingerprint density at radius 3 is 2.58 bits per heavy atom. The summed E-state index contributed by atoms with van der Waals surface area (Å²) < 4.78 is 11.2. The summed E-state index contributed by atoms with van der Waals surface area (Å²) in [5.74, 6) is 0. The molecule has 0 radical (unpaired) electrons. The predicted molar refractivity (Wildman–Crippen MR) is 53.5 cm³/mol. The van der Waals surface area contributed by atoms with Crippen molar-refractivity contribution in [2.24, 2.45) is 0 Å². The molecule has 0 aromatic heterocycles. The second-order valence-electron chi connectivity index (χ2n) is 2.49. The highest BCUT2D eigenvalue weighted by molar-refractivity contribution is 7.84. The molecule has 1 unspecified atom stereocenters. The molecule has 2 heteroatoms. The Hall–Kier alpha value is -0.890. The summed E-state index contributed by atoms with van der Waals surface area (Å²) in [6, 6.07) is 7.72. The molecule has 12 heavy (non-hydrogen) atoms. The zero-order chi connectivity index (χ0) is 8.97. The monoisotopic (exact) mass is 180 g/mol. The van der Waals surface area contributed by atoms with Crippen LogP contribution in [0.3, 0.4) is 0 Å². The molecule has 0 aliphatic carbocycles. The minimum absolute atomic E-state index is 0.893. The molecule has 0 amide bonds. The van der Waals surface area contributed by atoms with Crippen LogP contribution in [0.15, 0.2) is 35.2 Å². The maximum Gasteiger partial charge on any atom is 0.0504 e. The van der Waals surface area contributed by atoms with Crippen molar-refractivity contribution in [1.29, 1.82) is 0 Å². The van der Waals surface area contributed by atoms with Crippen LogP contribution in [0.4, 0.5) is 0 Å². The second-order valence-corrected chi connectivity index (χ2v) is 3.84. The van der Waals surface area contributed by atoms with Crippen LogP contribution in [0, 0.1) is 0 Å². The Morgan fingerprint density at radius 2 is 2.00 bits per heavy atom. The highest BCUT2D eigenvalue weighted by Crippen LogP contribution is 2.13. The van der Waals surface area contributed by atoms with Crippen molar-refractivity contribution < 1.29 is 4.21 Å². The van der Waals surface area contributed by atoms with Crippen LogP contribution in [0.5, 0.6) is 0 Å². The summed E-state index contributed by atoms with van der Waals surface area (Å²) in [6.07, 6.45) is 5.62. The zero-order valence-electron chi connectivity index (χ0n) is 7.28. The standard InChI is InChI=1S/C10H12OS/c1-3-6-9-7-4-5-8-10(9)12(2)11/h3-8H,1-2H3. The molecule has 1 aromatic rings. The lowest BCUT2D eigenvalue weighted by molar-refractivity contribution is 0.686. The lowest BCUT2D eigenvalue weighted by Gasteiger charge is -2.00. The van der Waals surface area contributed by atoms with Gasteiger partial charge in [-0.25, -0.2) is 0 Å². The summed E-state index contributed by atoms with van der Waals surface area (Å²) in [6.45, 7) is 1.95. The molecule has 1 nitrogen and oxygen atoms in total. The van der Waals surface area contributed by atoms with Gasteiger partial charge in [0.15, 0.2) is 0 Å². The lowest BCUT2D eigenvalue weighted by Crippen LogP contribution is -1.90. The molecule has 0 heterocycles. The highest BCUT2D eigenvalue weighted by Gasteiger charge is 2.00. The van der Waals surface area contributed by atoms with Crippen LogP contribution in [-0.2, 0) is 10.8 Å². The summed E-state index contributed by atoms with van der Waals surface area (Å²) in [5.41, 5.74) is 1.04. The molecule has 0 aliphatic heterocycles. The SMILES string of the molecule is CC=Cc1ccccc1S(C)=O. The van der Waals surface area contributed by atoms with E-state index in [1.54, 1.807) is 6.26 Å². The Morgan fingerprint density at radius 1 is 1.33 bits per heavy atom. The number of rotatable bonds is 2. The smallest absolute Gasteiger partial charge is 0.0504 e. The van der Waals surface area contributed by atoms with Gasteiger partial charge >= 0.3 is 0 Å². The Bertz CT molecular complexity index is 315. The van der Waals surface area contributed by atoms with E-state index in [-0.39, 0.29) is 0 Å². The third-order valence-corrected chi connectivity index (χ3v) is 2.57. The summed E-state index contributed by atoms with van der Waals surface area (Å²) in [4.78, 5) is 0.899. The van der Waals surface area contributed by atoms with Gasteiger partial charge in [0.1, 0.15) is 0 Å². The maximum atomic E-state index is 11.2. The van der Waals surface area contributed by atoms with E-state index < -0.39 is 10.8 Å². The van der Waals surface area contributed by atoms with E-state index in [0.29, 0.717) is 0 Å². The van der Waals surface area contributed by atoms with Gasteiger partial charge in [-0.05, 0) is 18.6 Å². The highest BCUT2D eigenvalue weighted by atomic mass is 32.2. The van der Waals surface area contributed by atoms with Gasteiger partial charge in [0.2, 0.25) is 0 Å². The van der Waals surface area contributed by atoms with Gasteiger partial charge in [-0.3, -0.25) is 4.21 Å². The van der Waals surface area contributed by atoms with Gasteiger partial charge in [0.25, 0.3) is 0 Å². The van der Waals surface area contributed by atoms with Gasteiger partial charge in [-0.2, -0.15) is 0 Å². The Balaban J connectivity index is 3.17. The first-order chi connectivity index (χ1) is 5.75. The summed E-state index contributed by atoms with van der Waals surface area (Å²) in [5, 5.41) is 0. The summed E-state index contributed by atoms with van der Waals surface area (Å²) >= 11 is 0. The van der Waals surface area contributed by atoms with Gasteiger partial charge in [-0.15, -0.1) is 0 Å². The molecule has 64 valence electrons. The minimum Gasteiger partial charge on any atom is -0.255 e. The van der Waals surface area contributed by atoms with E-state index in [0.717, 1.165) is 10.5 Å². The van der Waals surface area contributed by atoms with Crippen LogP contribution in [0.1, 0.15) is 12.5 Å². The first-order valence-corrected chi connectivity index (χ1v) is 5.36. The molecule has 1 aromatic carbocycles. The quantitative estimate of drug-likeness (QED) is 0.683. The Kier molecular flexibility index (Phi) is 3.23. The normalized spacial score (nSPS) is 13.5. The van der Waals surface area contributed by atoms with E-state index in [1.807, 2.05) is 43.3 Å². The maximum absolute atomic E-state index is 11.2. The Labute approximate surface area is 75.6 Å². The van der Waals surface area contributed by atoms with Crippen molar-refractivity contribution in [3.05, 3.63) is 35.9 Å². The fraction of sp³-hybridized carbons (Fsp3) is 0.200. The third-order valence-electron chi connectivity index (χ3n) is 1.57. The van der Waals surface area contributed by atoms with E-state index in [1.165, 1.54) is 0 Å². The van der Waals surface area contributed by atoms with Crippen LogP contribution >= 0.6 is 0 Å². The lowest BCUT2D eigenvalue weighted by atomic mass is 10.2.